The lowest BCUT2D eigenvalue weighted by Crippen LogP contribution is -2.02. The highest BCUT2D eigenvalue weighted by Crippen LogP contribution is 2.27. The fourth-order valence-electron chi connectivity index (χ4n) is 1.92. The van der Waals surface area contributed by atoms with Crippen LogP contribution in [0.5, 0.6) is 11.6 Å². The number of benzene rings is 1. The molecule has 2 aromatic rings. The number of nitrogens with zero attached hydrogens (tertiary/aromatic N) is 2. The van der Waals surface area contributed by atoms with Crippen LogP contribution in [0.15, 0.2) is 30.6 Å². The molecule has 0 fully saturated rings. The maximum atomic E-state index is 5.89. The summed E-state index contributed by atoms with van der Waals surface area (Å²) in [6, 6.07) is 8.01. The lowest BCUT2D eigenvalue weighted by molar-refractivity contribution is 0.454. The van der Waals surface area contributed by atoms with Crippen molar-refractivity contribution in [3.8, 4) is 11.6 Å². The van der Waals surface area contributed by atoms with Crippen LogP contribution in [0.4, 0.5) is 5.82 Å². The number of hydrogen-bond donors (Lipinski definition) is 1. The lowest BCUT2D eigenvalue weighted by atomic mass is 10.1. The number of hydrogen-bond acceptors (Lipinski definition) is 4. The number of anilines is 1. The normalized spacial score (nSPS) is 10.4. The van der Waals surface area contributed by atoms with E-state index in [2.05, 4.69) is 29.9 Å². The van der Waals surface area contributed by atoms with Gasteiger partial charge in [-0.3, -0.25) is 0 Å². The van der Waals surface area contributed by atoms with Crippen molar-refractivity contribution in [2.75, 3.05) is 5.73 Å². The first-order valence-corrected chi connectivity index (χ1v) is 6.60. The fourth-order valence-corrected chi connectivity index (χ4v) is 1.92. The Morgan fingerprint density at radius 3 is 2.79 bits per heavy atom. The predicted octanol–water partition coefficient (Wildman–Crippen LogP) is 3.37. The molecule has 1 heterocycles. The van der Waals surface area contributed by atoms with Gasteiger partial charge in [0.1, 0.15) is 17.9 Å². The van der Waals surface area contributed by atoms with Crippen LogP contribution in [-0.4, -0.2) is 9.97 Å². The van der Waals surface area contributed by atoms with Crippen molar-refractivity contribution in [1.82, 2.24) is 9.97 Å². The van der Waals surface area contributed by atoms with Gasteiger partial charge in [0.2, 0.25) is 5.88 Å². The van der Waals surface area contributed by atoms with Crippen molar-refractivity contribution in [2.24, 2.45) is 0 Å². The highest BCUT2D eigenvalue weighted by molar-refractivity contribution is 5.46. The highest BCUT2D eigenvalue weighted by atomic mass is 16.5. The molecule has 0 saturated heterocycles. The first-order valence-electron chi connectivity index (χ1n) is 6.60. The Balaban J connectivity index is 2.29. The number of nitrogen functional groups attached to an aromatic ring is 1. The fraction of sp³-hybridized carbons (Fsp3) is 0.333. The van der Waals surface area contributed by atoms with Crippen LogP contribution in [0.2, 0.25) is 0 Å². The van der Waals surface area contributed by atoms with Gasteiger partial charge < -0.3 is 10.5 Å². The summed E-state index contributed by atoms with van der Waals surface area (Å²) in [6.45, 7) is 4.21. The molecule has 4 nitrogen and oxygen atoms in total. The molecule has 0 aliphatic carbocycles. The first-order chi connectivity index (χ1) is 9.24. The van der Waals surface area contributed by atoms with Crippen LogP contribution in [0.1, 0.15) is 31.4 Å². The van der Waals surface area contributed by atoms with Gasteiger partial charge in [0.15, 0.2) is 0 Å². The molecule has 0 saturated carbocycles. The van der Waals surface area contributed by atoms with E-state index in [1.54, 1.807) is 0 Å². The zero-order chi connectivity index (χ0) is 13.7. The molecule has 100 valence electrons. The number of aromatic nitrogens is 2. The SMILES string of the molecule is CCCc1c(N)ncnc1Oc1cccc(CC)c1. The van der Waals surface area contributed by atoms with Gasteiger partial charge in [0, 0.05) is 0 Å². The summed E-state index contributed by atoms with van der Waals surface area (Å²) in [5.41, 5.74) is 8.00. The number of aryl methyl sites for hydroxylation is 1. The van der Waals surface area contributed by atoms with Gasteiger partial charge in [-0.1, -0.05) is 32.4 Å². The highest BCUT2D eigenvalue weighted by Gasteiger charge is 2.10. The molecule has 0 spiro atoms. The zero-order valence-electron chi connectivity index (χ0n) is 11.4. The first kappa shape index (κ1) is 13.3. The largest absolute Gasteiger partial charge is 0.439 e. The van der Waals surface area contributed by atoms with E-state index < -0.39 is 0 Å². The molecule has 1 aromatic carbocycles. The molecule has 0 radical (unpaired) electrons. The summed E-state index contributed by atoms with van der Waals surface area (Å²) in [5, 5.41) is 0. The average molecular weight is 257 g/mol. The van der Waals surface area contributed by atoms with Crippen molar-refractivity contribution in [1.29, 1.82) is 0 Å². The third-order valence-corrected chi connectivity index (χ3v) is 2.96. The van der Waals surface area contributed by atoms with Gasteiger partial charge in [0.05, 0.1) is 5.56 Å². The summed E-state index contributed by atoms with van der Waals surface area (Å²) in [4.78, 5) is 8.22. The number of rotatable bonds is 5. The maximum Gasteiger partial charge on any atom is 0.227 e. The molecule has 1 aromatic heterocycles. The smallest absolute Gasteiger partial charge is 0.227 e. The van der Waals surface area contributed by atoms with Crippen LogP contribution in [0, 0.1) is 0 Å². The van der Waals surface area contributed by atoms with Crippen LogP contribution in [0.3, 0.4) is 0 Å². The van der Waals surface area contributed by atoms with E-state index in [1.807, 2.05) is 18.2 Å². The van der Waals surface area contributed by atoms with Crippen molar-refractivity contribution >= 4 is 5.82 Å². The Bertz CT molecular complexity index is 555. The van der Waals surface area contributed by atoms with E-state index in [0.717, 1.165) is 30.6 Å². The van der Waals surface area contributed by atoms with Crippen molar-refractivity contribution < 1.29 is 4.74 Å². The Morgan fingerprint density at radius 1 is 1.21 bits per heavy atom. The topological polar surface area (TPSA) is 61.0 Å². The van der Waals surface area contributed by atoms with Crippen LogP contribution in [0.25, 0.3) is 0 Å². The van der Waals surface area contributed by atoms with Gasteiger partial charge in [-0.05, 0) is 30.5 Å². The quantitative estimate of drug-likeness (QED) is 0.892. The van der Waals surface area contributed by atoms with E-state index in [9.17, 15) is 0 Å². The monoisotopic (exact) mass is 257 g/mol. The Labute approximate surface area is 113 Å². The summed E-state index contributed by atoms with van der Waals surface area (Å²) < 4.78 is 5.85. The molecule has 0 aliphatic heterocycles. The van der Waals surface area contributed by atoms with Gasteiger partial charge in [0.25, 0.3) is 0 Å². The minimum absolute atomic E-state index is 0.499. The Morgan fingerprint density at radius 2 is 2.05 bits per heavy atom. The second kappa shape index (κ2) is 6.18. The molecule has 2 rings (SSSR count). The molecule has 0 atom stereocenters. The van der Waals surface area contributed by atoms with Crippen LogP contribution >= 0.6 is 0 Å². The summed E-state index contributed by atoms with van der Waals surface area (Å²) in [5.74, 6) is 1.84. The average Bonchev–Trinajstić information content (AvgIpc) is 2.43. The van der Waals surface area contributed by atoms with Gasteiger partial charge >= 0.3 is 0 Å². The molecule has 0 aliphatic rings. The lowest BCUT2D eigenvalue weighted by Gasteiger charge is -2.11. The second-order valence-corrected chi connectivity index (χ2v) is 4.40. The molecule has 4 heteroatoms. The zero-order valence-corrected chi connectivity index (χ0v) is 11.4. The summed E-state index contributed by atoms with van der Waals surface area (Å²) in [7, 11) is 0. The van der Waals surface area contributed by atoms with E-state index in [1.165, 1.54) is 11.9 Å². The second-order valence-electron chi connectivity index (χ2n) is 4.40. The molecule has 0 bridgehead atoms. The maximum absolute atomic E-state index is 5.89. The summed E-state index contributed by atoms with van der Waals surface area (Å²) in [6.07, 6.45) is 4.21. The Kier molecular flexibility index (Phi) is 4.34. The number of ether oxygens (including phenoxy) is 1. The van der Waals surface area contributed by atoms with Gasteiger partial charge in [-0.15, -0.1) is 0 Å². The van der Waals surface area contributed by atoms with Crippen LogP contribution in [-0.2, 0) is 12.8 Å². The third-order valence-electron chi connectivity index (χ3n) is 2.96. The van der Waals surface area contributed by atoms with E-state index >= 15 is 0 Å². The van der Waals surface area contributed by atoms with Gasteiger partial charge in [-0.25, -0.2) is 9.97 Å². The van der Waals surface area contributed by atoms with Crippen molar-refractivity contribution in [3.63, 3.8) is 0 Å². The molecule has 2 N–H and O–H groups in total. The standard InChI is InChI=1S/C15H19N3O/c1-3-6-13-14(16)17-10-18-15(13)19-12-8-5-7-11(4-2)9-12/h5,7-10H,3-4,6H2,1-2H3,(H2,16,17,18). The number of nitrogens with two attached hydrogens (primary N) is 1. The van der Waals surface area contributed by atoms with Gasteiger partial charge in [-0.2, -0.15) is 0 Å². The molecule has 0 unspecified atom stereocenters. The Hall–Kier alpha value is -2.10. The molecular weight excluding hydrogens is 238 g/mol. The van der Waals surface area contributed by atoms with E-state index in [4.69, 9.17) is 10.5 Å². The minimum atomic E-state index is 0.499. The predicted molar refractivity (Wildman–Crippen MR) is 76.3 cm³/mol. The third kappa shape index (κ3) is 3.22. The van der Waals surface area contributed by atoms with Crippen molar-refractivity contribution in [3.05, 3.63) is 41.7 Å². The minimum Gasteiger partial charge on any atom is -0.439 e. The van der Waals surface area contributed by atoms with Crippen LogP contribution < -0.4 is 10.5 Å². The van der Waals surface area contributed by atoms with E-state index in [0.29, 0.717) is 11.7 Å². The van der Waals surface area contributed by atoms with E-state index in [-0.39, 0.29) is 0 Å². The molecule has 19 heavy (non-hydrogen) atoms. The van der Waals surface area contributed by atoms with Crippen molar-refractivity contribution in [2.45, 2.75) is 33.1 Å². The summed E-state index contributed by atoms with van der Waals surface area (Å²) >= 11 is 0. The molecular formula is C15H19N3O. The molecule has 0 amide bonds.